The number of nitrogens with zero attached hydrogens (tertiary/aromatic N) is 1. The van der Waals surface area contributed by atoms with Gasteiger partial charge in [-0.15, -0.1) is 0 Å². The van der Waals surface area contributed by atoms with Crippen LogP contribution in [-0.2, 0) is 4.79 Å². The molecule has 0 aliphatic carbocycles. The number of nitrogens with one attached hydrogen (secondary N) is 1. The van der Waals surface area contributed by atoms with Crippen LogP contribution in [0.2, 0.25) is 0 Å². The van der Waals surface area contributed by atoms with Gasteiger partial charge in [-0.3, -0.25) is 4.79 Å². The Labute approximate surface area is 103 Å². The highest BCUT2D eigenvalue weighted by Gasteiger charge is 2.13. The van der Waals surface area contributed by atoms with Crippen LogP contribution in [0.3, 0.4) is 0 Å². The fourth-order valence-electron chi connectivity index (χ4n) is 1.63. The Hall–Kier alpha value is -1.82. The molecule has 0 bridgehead atoms. The highest BCUT2D eigenvalue weighted by molar-refractivity contribution is 5.94. The minimum atomic E-state index is 0.00865. The van der Waals surface area contributed by atoms with Gasteiger partial charge < -0.3 is 5.32 Å². The molecule has 1 aromatic carbocycles. The van der Waals surface area contributed by atoms with Gasteiger partial charge in [-0.05, 0) is 31.4 Å². The Morgan fingerprint density at radius 2 is 1.94 bits per heavy atom. The Morgan fingerprint density at radius 1 is 1.41 bits per heavy atom. The van der Waals surface area contributed by atoms with Gasteiger partial charge in [-0.25, -0.2) is 4.85 Å². The molecule has 1 rings (SSSR count). The Balaban J connectivity index is 3.01. The zero-order chi connectivity index (χ0) is 13.0. The third kappa shape index (κ3) is 3.07. The summed E-state index contributed by atoms with van der Waals surface area (Å²) in [5.74, 6) is 0.0450. The molecule has 0 aliphatic rings. The topological polar surface area (TPSA) is 33.5 Å². The van der Waals surface area contributed by atoms with Gasteiger partial charge in [0.25, 0.3) is 0 Å². The van der Waals surface area contributed by atoms with Crippen molar-refractivity contribution >= 4 is 17.3 Å². The van der Waals surface area contributed by atoms with Gasteiger partial charge in [0.1, 0.15) is 0 Å². The summed E-state index contributed by atoms with van der Waals surface area (Å²) in [6.07, 6.45) is 0.823. The van der Waals surface area contributed by atoms with Crippen LogP contribution in [0.1, 0.15) is 31.4 Å². The highest BCUT2D eigenvalue weighted by Crippen LogP contribution is 2.27. The number of aryl methyl sites for hydroxylation is 2. The minimum absolute atomic E-state index is 0.00865. The van der Waals surface area contributed by atoms with Gasteiger partial charge >= 0.3 is 0 Å². The van der Waals surface area contributed by atoms with Crippen molar-refractivity contribution in [2.75, 3.05) is 5.32 Å². The summed E-state index contributed by atoms with van der Waals surface area (Å²) in [5.41, 5.74) is 3.32. The number of anilines is 1. The maximum absolute atomic E-state index is 11.8. The fourth-order valence-corrected chi connectivity index (χ4v) is 1.63. The molecule has 1 aromatic rings. The van der Waals surface area contributed by atoms with E-state index in [4.69, 9.17) is 6.57 Å². The normalized spacial score (nSPS) is 11.7. The summed E-state index contributed by atoms with van der Waals surface area (Å²) in [6, 6.07) is 3.60. The van der Waals surface area contributed by atoms with Crippen LogP contribution < -0.4 is 5.32 Å². The summed E-state index contributed by atoms with van der Waals surface area (Å²) < 4.78 is 0. The molecule has 1 unspecified atom stereocenters. The van der Waals surface area contributed by atoms with E-state index in [1.54, 1.807) is 12.1 Å². The predicted octanol–water partition coefficient (Wildman–Crippen LogP) is 3.84. The van der Waals surface area contributed by atoms with Crippen molar-refractivity contribution in [1.29, 1.82) is 0 Å². The first-order chi connectivity index (χ1) is 7.99. The van der Waals surface area contributed by atoms with Gasteiger partial charge in [-0.2, -0.15) is 0 Å². The number of rotatable bonds is 3. The second-order valence-electron chi connectivity index (χ2n) is 4.36. The number of carbonyl (C=O) groups excluding carboxylic acids is 1. The van der Waals surface area contributed by atoms with Crippen molar-refractivity contribution in [3.63, 3.8) is 0 Å². The standard InChI is InChI=1S/C14H18N2O/c1-6-9(2)14(17)16-13-10(3)7-12(15-5)8-11(13)4/h7-9H,6H2,1-4H3,(H,16,17). The monoisotopic (exact) mass is 230 g/mol. The number of hydrogen-bond acceptors (Lipinski definition) is 1. The maximum Gasteiger partial charge on any atom is 0.227 e. The van der Waals surface area contributed by atoms with Crippen molar-refractivity contribution in [2.24, 2.45) is 5.92 Å². The number of amides is 1. The fraction of sp³-hybridized carbons (Fsp3) is 0.429. The van der Waals surface area contributed by atoms with Crippen LogP contribution in [0, 0.1) is 26.3 Å². The molecule has 3 nitrogen and oxygen atoms in total. The third-order valence-corrected chi connectivity index (χ3v) is 2.95. The van der Waals surface area contributed by atoms with E-state index in [2.05, 4.69) is 10.2 Å². The molecule has 1 N–H and O–H groups in total. The zero-order valence-electron chi connectivity index (χ0n) is 10.8. The molecular weight excluding hydrogens is 212 g/mol. The van der Waals surface area contributed by atoms with Crippen LogP contribution in [0.25, 0.3) is 4.85 Å². The van der Waals surface area contributed by atoms with E-state index in [1.807, 2.05) is 27.7 Å². The molecular formula is C14H18N2O. The highest BCUT2D eigenvalue weighted by atomic mass is 16.1. The number of benzene rings is 1. The molecule has 90 valence electrons. The summed E-state index contributed by atoms with van der Waals surface area (Å²) in [4.78, 5) is 15.2. The average Bonchev–Trinajstić information content (AvgIpc) is 2.31. The first-order valence-corrected chi connectivity index (χ1v) is 5.79. The summed E-state index contributed by atoms with van der Waals surface area (Å²) in [5, 5.41) is 2.94. The van der Waals surface area contributed by atoms with E-state index in [1.165, 1.54) is 0 Å². The first kappa shape index (κ1) is 13.2. The molecule has 0 fully saturated rings. The van der Waals surface area contributed by atoms with Gasteiger partial charge in [-0.1, -0.05) is 26.0 Å². The predicted molar refractivity (Wildman–Crippen MR) is 70.3 cm³/mol. The Morgan fingerprint density at radius 3 is 2.35 bits per heavy atom. The van der Waals surface area contributed by atoms with Crippen molar-refractivity contribution in [1.82, 2.24) is 0 Å². The zero-order valence-corrected chi connectivity index (χ0v) is 10.8. The lowest BCUT2D eigenvalue weighted by atomic mass is 10.1. The van der Waals surface area contributed by atoms with Crippen LogP contribution >= 0.6 is 0 Å². The minimum Gasteiger partial charge on any atom is -0.325 e. The molecule has 0 aliphatic heterocycles. The molecule has 0 saturated carbocycles. The lowest BCUT2D eigenvalue weighted by molar-refractivity contribution is -0.119. The molecule has 1 amide bonds. The van der Waals surface area contributed by atoms with E-state index in [0.717, 1.165) is 23.2 Å². The van der Waals surface area contributed by atoms with Crippen LogP contribution in [-0.4, -0.2) is 5.91 Å². The molecule has 0 heterocycles. The molecule has 0 spiro atoms. The Bertz CT molecular complexity index is 449. The van der Waals surface area contributed by atoms with E-state index in [9.17, 15) is 4.79 Å². The molecule has 1 atom stereocenters. The molecule has 0 aromatic heterocycles. The SMILES string of the molecule is [C-]#[N+]c1cc(C)c(NC(=O)C(C)CC)c(C)c1. The van der Waals surface area contributed by atoms with Crippen LogP contribution in [0.5, 0.6) is 0 Å². The molecule has 0 saturated heterocycles. The second kappa shape index (κ2) is 5.49. The molecule has 0 radical (unpaired) electrons. The van der Waals surface area contributed by atoms with Gasteiger partial charge in [0.2, 0.25) is 5.91 Å². The van der Waals surface area contributed by atoms with Gasteiger partial charge in [0.15, 0.2) is 5.69 Å². The van der Waals surface area contributed by atoms with Crippen LogP contribution in [0.4, 0.5) is 11.4 Å². The van der Waals surface area contributed by atoms with Crippen LogP contribution in [0.15, 0.2) is 12.1 Å². The molecule has 3 heteroatoms. The Kier molecular flexibility index (Phi) is 4.28. The van der Waals surface area contributed by atoms with E-state index < -0.39 is 0 Å². The van der Waals surface area contributed by atoms with Gasteiger partial charge in [0, 0.05) is 11.6 Å². The van der Waals surface area contributed by atoms with E-state index in [0.29, 0.717) is 5.69 Å². The van der Waals surface area contributed by atoms with E-state index >= 15 is 0 Å². The lowest BCUT2D eigenvalue weighted by Gasteiger charge is -2.15. The van der Waals surface area contributed by atoms with Crippen molar-refractivity contribution in [3.8, 4) is 0 Å². The van der Waals surface area contributed by atoms with Gasteiger partial charge in [0.05, 0.1) is 6.57 Å². The van der Waals surface area contributed by atoms with Crippen molar-refractivity contribution < 1.29 is 4.79 Å². The lowest BCUT2D eigenvalue weighted by Crippen LogP contribution is -2.20. The largest absolute Gasteiger partial charge is 0.325 e. The third-order valence-electron chi connectivity index (χ3n) is 2.95. The number of carbonyl (C=O) groups is 1. The molecule has 17 heavy (non-hydrogen) atoms. The smallest absolute Gasteiger partial charge is 0.227 e. The average molecular weight is 230 g/mol. The quantitative estimate of drug-likeness (QED) is 0.786. The van der Waals surface area contributed by atoms with E-state index in [-0.39, 0.29) is 11.8 Å². The number of hydrogen-bond donors (Lipinski definition) is 1. The maximum atomic E-state index is 11.8. The summed E-state index contributed by atoms with van der Waals surface area (Å²) in [7, 11) is 0. The van der Waals surface area contributed by atoms with Crippen molar-refractivity contribution in [2.45, 2.75) is 34.1 Å². The first-order valence-electron chi connectivity index (χ1n) is 5.79. The van der Waals surface area contributed by atoms with Crippen molar-refractivity contribution in [3.05, 3.63) is 34.7 Å². The summed E-state index contributed by atoms with van der Waals surface area (Å²) >= 11 is 0. The summed E-state index contributed by atoms with van der Waals surface area (Å²) in [6.45, 7) is 14.7. The second-order valence-corrected chi connectivity index (χ2v) is 4.36.